The Morgan fingerprint density at radius 3 is 2.67 bits per heavy atom. The van der Waals surface area contributed by atoms with Crippen LogP contribution in [0.1, 0.15) is 71.6 Å². The maximum atomic E-state index is 11.8. The molecular weight excluding hydrogens is 262 g/mol. The maximum absolute atomic E-state index is 11.8. The van der Waals surface area contributed by atoms with E-state index in [0.29, 0.717) is 6.04 Å². The van der Waals surface area contributed by atoms with Gasteiger partial charge in [-0.15, -0.1) is 0 Å². The Bertz CT molecular complexity index is 343. The third-order valence-corrected chi connectivity index (χ3v) is 5.24. The molecule has 0 aromatic carbocycles. The van der Waals surface area contributed by atoms with Crippen molar-refractivity contribution in [2.24, 2.45) is 5.73 Å². The molecule has 2 rings (SSSR count). The summed E-state index contributed by atoms with van der Waals surface area (Å²) in [5.41, 5.74) is 5.11. The Morgan fingerprint density at radius 1 is 1.29 bits per heavy atom. The highest BCUT2D eigenvalue weighted by atomic mass is 16.1. The largest absolute Gasteiger partial charge is 0.368 e. The number of nitrogens with zero attached hydrogens (tertiary/aromatic N) is 1. The van der Waals surface area contributed by atoms with Crippen molar-refractivity contribution >= 4 is 5.91 Å². The van der Waals surface area contributed by atoms with Crippen LogP contribution >= 0.6 is 0 Å². The number of carbonyl (C=O) groups is 1. The average molecular weight is 295 g/mol. The summed E-state index contributed by atoms with van der Waals surface area (Å²) < 4.78 is 0. The molecule has 122 valence electrons. The van der Waals surface area contributed by atoms with E-state index < -0.39 is 5.54 Å². The van der Waals surface area contributed by atoms with E-state index in [1.807, 2.05) is 6.92 Å². The predicted octanol–water partition coefficient (Wildman–Crippen LogP) is 2.42. The molecule has 4 nitrogen and oxygen atoms in total. The molecule has 21 heavy (non-hydrogen) atoms. The highest BCUT2D eigenvalue weighted by molar-refractivity contribution is 5.84. The highest BCUT2D eigenvalue weighted by Crippen LogP contribution is 2.25. The topological polar surface area (TPSA) is 58.4 Å². The summed E-state index contributed by atoms with van der Waals surface area (Å²) >= 11 is 0. The third kappa shape index (κ3) is 4.96. The Labute approximate surface area is 129 Å². The first-order valence-corrected chi connectivity index (χ1v) is 8.87. The fourth-order valence-electron chi connectivity index (χ4n) is 3.57. The lowest BCUT2D eigenvalue weighted by molar-refractivity contribution is -0.124. The minimum Gasteiger partial charge on any atom is -0.368 e. The highest BCUT2D eigenvalue weighted by Gasteiger charge is 2.36. The van der Waals surface area contributed by atoms with E-state index in [9.17, 15) is 4.79 Å². The monoisotopic (exact) mass is 295 g/mol. The Morgan fingerprint density at radius 2 is 2.05 bits per heavy atom. The van der Waals surface area contributed by atoms with Crippen LogP contribution in [0.15, 0.2) is 0 Å². The number of nitrogens with two attached hydrogens (primary N) is 1. The number of carbonyl (C=O) groups excluding carboxylic acids is 1. The lowest BCUT2D eigenvalue weighted by Crippen LogP contribution is -2.54. The fraction of sp³-hybridized carbons (Fsp3) is 0.941. The molecule has 4 heteroatoms. The van der Waals surface area contributed by atoms with E-state index in [1.54, 1.807) is 0 Å². The van der Waals surface area contributed by atoms with Crippen LogP contribution in [0.2, 0.25) is 0 Å². The van der Waals surface area contributed by atoms with Crippen LogP contribution in [0.4, 0.5) is 0 Å². The van der Waals surface area contributed by atoms with Gasteiger partial charge in [-0.2, -0.15) is 0 Å². The fourth-order valence-corrected chi connectivity index (χ4v) is 3.57. The lowest BCUT2D eigenvalue weighted by atomic mass is 9.94. The molecule has 1 aliphatic heterocycles. The number of amides is 1. The van der Waals surface area contributed by atoms with Crippen LogP contribution in [-0.4, -0.2) is 41.5 Å². The van der Waals surface area contributed by atoms with Gasteiger partial charge in [0.15, 0.2) is 0 Å². The molecule has 0 bridgehead atoms. The third-order valence-electron chi connectivity index (χ3n) is 5.24. The van der Waals surface area contributed by atoms with Crippen molar-refractivity contribution in [1.29, 1.82) is 0 Å². The number of nitrogens with one attached hydrogen (secondary N) is 1. The van der Waals surface area contributed by atoms with Gasteiger partial charge in [0.2, 0.25) is 5.91 Å². The normalized spacial score (nSPS) is 27.0. The smallest absolute Gasteiger partial charge is 0.237 e. The van der Waals surface area contributed by atoms with E-state index in [0.717, 1.165) is 25.4 Å². The standard InChI is InChI=1S/C17H33N3O/c1-3-15-8-5-4-6-12-20(15)13-7-11-17(2,16(18)21)19-14-9-10-14/h14-15,19H,3-13H2,1-2H3,(H2,18,21). The van der Waals surface area contributed by atoms with Gasteiger partial charge in [-0.1, -0.05) is 19.8 Å². The van der Waals surface area contributed by atoms with Gasteiger partial charge in [0.25, 0.3) is 0 Å². The molecule has 0 aromatic heterocycles. The van der Waals surface area contributed by atoms with Gasteiger partial charge in [0.05, 0.1) is 5.54 Å². The van der Waals surface area contributed by atoms with E-state index in [-0.39, 0.29) is 5.91 Å². The molecule has 1 amide bonds. The molecule has 2 unspecified atom stereocenters. The summed E-state index contributed by atoms with van der Waals surface area (Å²) in [5, 5.41) is 3.45. The van der Waals surface area contributed by atoms with E-state index in [1.165, 1.54) is 51.5 Å². The molecule has 2 fully saturated rings. The van der Waals surface area contributed by atoms with E-state index >= 15 is 0 Å². The van der Waals surface area contributed by atoms with Gasteiger partial charge in [0.1, 0.15) is 0 Å². The number of hydrogen-bond donors (Lipinski definition) is 2. The van der Waals surface area contributed by atoms with Crippen molar-refractivity contribution in [2.75, 3.05) is 13.1 Å². The van der Waals surface area contributed by atoms with Gasteiger partial charge >= 0.3 is 0 Å². The molecule has 0 aromatic rings. The van der Waals surface area contributed by atoms with E-state index in [4.69, 9.17) is 5.73 Å². The van der Waals surface area contributed by atoms with Crippen molar-refractivity contribution in [3.05, 3.63) is 0 Å². The quantitative estimate of drug-likeness (QED) is 0.723. The van der Waals surface area contributed by atoms with Gasteiger partial charge in [-0.05, 0) is 65.0 Å². The van der Waals surface area contributed by atoms with Gasteiger partial charge in [0, 0.05) is 12.1 Å². The second-order valence-electron chi connectivity index (χ2n) is 7.17. The van der Waals surface area contributed by atoms with E-state index in [2.05, 4.69) is 17.1 Å². The zero-order valence-corrected chi connectivity index (χ0v) is 13.9. The molecule has 1 saturated carbocycles. The zero-order valence-electron chi connectivity index (χ0n) is 13.9. The first kappa shape index (κ1) is 16.8. The Balaban J connectivity index is 1.81. The van der Waals surface area contributed by atoms with Crippen molar-refractivity contribution in [3.8, 4) is 0 Å². The molecule has 0 spiro atoms. The summed E-state index contributed by atoms with van der Waals surface area (Å²) in [6.07, 6.45) is 10.9. The molecule has 1 heterocycles. The predicted molar refractivity (Wildman–Crippen MR) is 87.1 cm³/mol. The van der Waals surface area contributed by atoms with Crippen molar-refractivity contribution < 1.29 is 4.79 Å². The molecule has 3 N–H and O–H groups in total. The maximum Gasteiger partial charge on any atom is 0.237 e. The second kappa shape index (κ2) is 7.59. The molecule has 0 radical (unpaired) electrons. The van der Waals surface area contributed by atoms with Gasteiger partial charge < -0.3 is 16.0 Å². The first-order chi connectivity index (χ1) is 10.0. The number of rotatable bonds is 8. The Hall–Kier alpha value is -0.610. The average Bonchev–Trinajstić information content (AvgIpc) is 3.26. The summed E-state index contributed by atoms with van der Waals surface area (Å²) in [5.74, 6) is -0.197. The minimum atomic E-state index is -0.519. The molecular formula is C17H33N3O. The zero-order chi connectivity index (χ0) is 15.3. The van der Waals surface area contributed by atoms with Gasteiger partial charge in [-0.3, -0.25) is 4.79 Å². The molecule has 2 aliphatic rings. The number of primary amides is 1. The SMILES string of the molecule is CCC1CCCCCN1CCCC(C)(NC1CC1)C(N)=O. The summed E-state index contributed by atoms with van der Waals surface area (Å²) in [6.45, 7) is 6.61. The summed E-state index contributed by atoms with van der Waals surface area (Å²) in [7, 11) is 0. The van der Waals surface area contributed by atoms with Crippen LogP contribution in [0, 0.1) is 0 Å². The number of hydrogen-bond acceptors (Lipinski definition) is 3. The molecule has 1 aliphatic carbocycles. The van der Waals surface area contributed by atoms with Crippen LogP contribution in [0.3, 0.4) is 0 Å². The second-order valence-corrected chi connectivity index (χ2v) is 7.17. The van der Waals surface area contributed by atoms with Crippen molar-refractivity contribution in [2.45, 2.75) is 89.3 Å². The minimum absolute atomic E-state index is 0.197. The van der Waals surface area contributed by atoms with Crippen molar-refractivity contribution in [1.82, 2.24) is 10.2 Å². The lowest BCUT2D eigenvalue weighted by Gasteiger charge is -2.32. The summed E-state index contributed by atoms with van der Waals surface area (Å²) in [6, 6.07) is 1.26. The van der Waals surface area contributed by atoms with Gasteiger partial charge in [-0.25, -0.2) is 0 Å². The van der Waals surface area contributed by atoms with Crippen LogP contribution < -0.4 is 11.1 Å². The molecule has 2 atom stereocenters. The summed E-state index contributed by atoms with van der Waals surface area (Å²) in [4.78, 5) is 14.4. The van der Waals surface area contributed by atoms with Crippen LogP contribution in [0.25, 0.3) is 0 Å². The van der Waals surface area contributed by atoms with Crippen molar-refractivity contribution in [3.63, 3.8) is 0 Å². The van der Waals surface area contributed by atoms with Crippen LogP contribution in [0.5, 0.6) is 0 Å². The first-order valence-electron chi connectivity index (χ1n) is 8.87. The number of likely N-dealkylation sites (tertiary alicyclic amines) is 1. The van der Waals surface area contributed by atoms with Crippen LogP contribution in [-0.2, 0) is 4.79 Å². The Kier molecular flexibility index (Phi) is 6.06. The molecule has 1 saturated heterocycles.